The van der Waals surface area contributed by atoms with Crippen LogP contribution >= 0.6 is 11.8 Å². The minimum atomic E-state index is -0.681. The lowest BCUT2D eigenvalue weighted by molar-refractivity contribution is -0.137. The van der Waals surface area contributed by atoms with E-state index in [-0.39, 0.29) is 5.25 Å². The van der Waals surface area contributed by atoms with E-state index >= 15 is 0 Å². The number of thioether (sulfide) groups is 1. The van der Waals surface area contributed by atoms with Crippen molar-refractivity contribution >= 4 is 17.7 Å². The normalized spacial score (nSPS) is 16.1. The molecule has 2 aromatic rings. The Labute approximate surface area is 122 Å². The van der Waals surface area contributed by atoms with Gasteiger partial charge >= 0.3 is 5.97 Å². The molecule has 1 aliphatic carbocycles. The Balaban J connectivity index is 1.95. The van der Waals surface area contributed by atoms with Crippen LogP contribution in [0.25, 0.3) is 0 Å². The third-order valence-corrected chi connectivity index (χ3v) is 5.46. The van der Waals surface area contributed by atoms with Crippen LogP contribution in [0.2, 0.25) is 0 Å². The number of carbonyl (C=O) groups is 1. The van der Waals surface area contributed by atoms with Crippen molar-refractivity contribution in [3.63, 3.8) is 0 Å². The minimum Gasteiger partial charge on any atom is -0.480 e. The largest absolute Gasteiger partial charge is 0.480 e. The molecular weight excluding hydrogens is 268 g/mol. The smallest absolute Gasteiger partial charge is 0.319 e. The summed E-state index contributed by atoms with van der Waals surface area (Å²) in [4.78, 5) is 11.5. The molecule has 1 saturated carbocycles. The molecule has 0 saturated heterocycles. The van der Waals surface area contributed by atoms with E-state index < -0.39 is 10.7 Å². The number of rotatable bonds is 5. The van der Waals surface area contributed by atoms with Gasteiger partial charge in [0.15, 0.2) is 0 Å². The Kier molecular flexibility index (Phi) is 3.53. The van der Waals surface area contributed by atoms with Crippen molar-refractivity contribution in [2.75, 3.05) is 0 Å². The maximum Gasteiger partial charge on any atom is 0.319 e. The van der Waals surface area contributed by atoms with E-state index in [9.17, 15) is 9.90 Å². The number of benzene rings is 2. The van der Waals surface area contributed by atoms with Crippen molar-refractivity contribution in [1.82, 2.24) is 0 Å². The van der Waals surface area contributed by atoms with Gasteiger partial charge in [0, 0.05) is 0 Å². The highest BCUT2D eigenvalue weighted by Gasteiger charge is 2.52. The number of hydrogen-bond donors (Lipinski definition) is 1. The fraction of sp³-hybridized carbons (Fsp3) is 0.235. The van der Waals surface area contributed by atoms with Gasteiger partial charge in [-0.1, -0.05) is 60.7 Å². The summed E-state index contributed by atoms with van der Waals surface area (Å²) in [6, 6.07) is 20.3. The average Bonchev–Trinajstić information content (AvgIpc) is 3.28. The summed E-state index contributed by atoms with van der Waals surface area (Å²) in [5.41, 5.74) is 2.33. The van der Waals surface area contributed by atoms with Gasteiger partial charge in [-0.15, -0.1) is 11.8 Å². The highest BCUT2D eigenvalue weighted by atomic mass is 32.2. The summed E-state index contributed by atoms with van der Waals surface area (Å²) in [5, 5.41) is 9.51. The highest BCUT2D eigenvalue weighted by Crippen LogP contribution is 2.56. The topological polar surface area (TPSA) is 37.3 Å². The standard InChI is InChI=1S/C17H16O2S/c18-16(19)17(11-12-17)20-15(13-7-3-1-4-8-13)14-9-5-2-6-10-14/h1-10,15H,11-12H2,(H,18,19). The summed E-state index contributed by atoms with van der Waals surface area (Å²) in [5.74, 6) is -0.681. The summed E-state index contributed by atoms with van der Waals surface area (Å²) >= 11 is 1.57. The van der Waals surface area contributed by atoms with Gasteiger partial charge in [0.25, 0.3) is 0 Å². The van der Waals surface area contributed by atoms with Crippen LogP contribution in [0.15, 0.2) is 60.7 Å². The Morgan fingerprint density at radius 3 is 1.75 bits per heavy atom. The second-order valence-electron chi connectivity index (χ2n) is 5.12. The van der Waals surface area contributed by atoms with Crippen molar-refractivity contribution < 1.29 is 9.90 Å². The van der Waals surface area contributed by atoms with Gasteiger partial charge in [-0.05, 0) is 24.0 Å². The molecule has 1 aliphatic rings. The van der Waals surface area contributed by atoms with Crippen molar-refractivity contribution in [2.24, 2.45) is 0 Å². The highest BCUT2D eigenvalue weighted by molar-refractivity contribution is 8.02. The van der Waals surface area contributed by atoms with Crippen molar-refractivity contribution in [1.29, 1.82) is 0 Å². The van der Waals surface area contributed by atoms with Crippen LogP contribution < -0.4 is 0 Å². The predicted molar refractivity (Wildman–Crippen MR) is 81.9 cm³/mol. The first kappa shape index (κ1) is 13.3. The minimum absolute atomic E-state index is 0.0796. The van der Waals surface area contributed by atoms with Crippen molar-refractivity contribution in [3.05, 3.63) is 71.8 Å². The summed E-state index contributed by atoms with van der Waals surface area (Å²) in [6.07, 6.45) is 1.53. The molecule has 2 aromatic carbocycles. The van der Waals surface area contributed by atoms with Gasteiger partial charge in [-0.2, -0.15) is 0 Å². The Hall–Kier alpha value is -1.74. The molecule has 20 heavy (non-hydrogen) atoms. The van der Waals surface area contributed by atoms with Crippen LogP contribution in [0.4, 0.5) is 0 Å². The van der Waals surface area contributed by atoms with Crippen LogP contribution in [0.5, 0.6) is 0 Å². The molecule has 0 aliphatic heterocycles. The van der Waals surface area contributed by atoms with Gasteiger partial charge < -0.3 is 5.11 Å². The summed E-state index contributed by atoms with van der Waals surface area (Å²) in [6.45, 7) is 0. The van der Waals surface area contributed by atoms with Crippen LogP contribution in [0.3, 0.4) is 0 Å². The zero-order valence-corrected chi connectivity index (χ0v) is 11.8. The van der Waals surface area contributed by atoms with Crippen LogP contribution in [0, 0.1) is 0 Å². The monoisotopic (exact) mass is 284 g/mol. The van der Waals surface area contributed by atoms with Gasteiger partial charge in [0.1, 0.15) is 4.75 Å². The Bertz CT molecular complexity index is 551. The second-order valence-corrected chi connectivity index (χ2v) is 6.61. The summed E-state index contributed by atoms with van der Waals surface area (Å²) in [7, 11) is 0. The molecule has 3 rings (SSSR count). The summed E-state index contributed by atoms with van der Waals surface area (Å²) < 4.78 is -0.587. The van der Waals surface area contributed by atoms with E-state index in [1.807, 2.05) is 36.4 Å². The lowest BCUT2D eigenvalue weighted by atomic mass is 10.0. The van der Waals surface area contributed by atoms with E-state index in [4.69, 9.17) is 0 Å². The molecule has 1 fully saturated rings. The molecule has 0 spiro atoms. The lowest BCUT2D eigenvalue weighted by Crippen LogP contribution is -2.19. The molecule has 0 atom stereocenters. The van der Waals surface area contributed by atoms with E-state index in [0.717, 1.165) is 24.0 Å². The van der Waals surface area contributed by atoms with Crippen LogP contribution in [0.1, 0.15) is 29.2 Å². The molecule has 102 valence electrons. The van der Waals surface area contributed by atoms with Crippen LogP contribution in [-0.4, -0.2) is 15.8 Å². The van der Waals surface area contributed by atoms with E-state index in [0.29, 0.717) is 0 Å². The first-order valence-corrected chi connectivity index (χ1v) is 7.60. The predicted octanol–water partition coefficient (Wildman–Crippen LogP) is 4.13. The lowest BCUT2D eigenvalue weighted by Gasteiger charge is -2.21. The number of aliphatic carboxylic acids is 1. The molecule has 0 aromatic heterocycles. The van der Waals surface area contributed by atoms with E-state index in [1.54, 1.807) is 11.8 Å². The van der Waals surface area contributed by atoms with Crippen molar-refractivity contribution in [2.45, 2.75) is 22.8 Å². The maximum atomic E-state index is 11.5. The zero-order valence-electron chi connectivity index (χ0n) is 11.0. The number of hydrogen-bond acceptors (Lipinski definition) is 2. The number of carboxylic acids is 1. The van der Waals surface area contributed by atoms with E-state index in [2.05, 4.69) is 24.3 Å². The average molecular weight is 284 g/mol. The fourth-order valence-electron chi connectivity index (χ4n) is 2.31. The van der Waals surface area contributed by atoms with Gasteiger partial charge in [0.2, 0.25) is 0 Å². The molecule has 0 amide bonds. The maximum absolute atomic E-state index is 11.5. The molecule has 3 heteroatoms. The quantitative estimate of drug-likeness (QED) is 0.897. The van der Waals surface area contributed by atoms with Gasteiger partial charge in [-0.25, -0.2) is 0 Å². The molecule has 0 radical (unpaired) electrons. The molecule has 1 N–H and O–H groups in total. The van der Waals surface area contributed by atoms with Crippen molar-refractivity contribution in [3.8, 4) is 0 Å². The third kappa shape index (κ3) is 2.59. The molecule has 0 heterocycles. The SMILES string of the molecule is O=C(O)C1(SC(c2ccccc2)c2ccccc2)CC1. The van der Waals surface area contributed by atoms with Gasteiger partial charge in [-0.3, -0.25) is 4.79 Å². The Morgan fingerprint density at radius 1 is 0.950 bits per heavy atom. The molecule has 2 nitrogen and oxygen atoms in total. The molecule has 0 bridgehead atoms. The number of carboxylic acid groups (broad SMARTS) is 1. The van der Waals surface area contributed by atoms with E-state index in [1.165, 1.54) is 0 Å². The Morgan fingerprint density at radius 2 is 1.40 bits per heavy atom. The fourth-order valence-corrected chi connectivity index (χ4v) is 3.78. The van der Waals surface area contributed by atoms with Gasteiger partial charge in [0.05, 0.1) is 5.25 Å². The first-order chi connectivity index (χ1) is 9.71. The zero-order chi connectivity index (χ0) is 14.0. The molecule has 0 unspecified atom stereocenters. The van der Waals surface area contributed by atoms with Crippen LogP contribution in [-0.2, 0) is 4.79 Å². The third-order valence-electron chi connectivity index (χ3n) is 3.64. The first-order valence-electron chi connectivity index (χ1n) is 6.72. The molecular formula is C17H16O2S. The second kappa shape index (κ2) is 5.33.